The molecule has 0 amide bonds. The Kier molecular flexibility index (Phi) is 6.11. The second kappa shape index (κ2) is 6.53. The van der Waals surface area contributed by atoms with E-state index in [1.807, 2.05) is 0 Å². The lowest BCUT2D eigenvalue weighted by Gasteiger charge is -2.08. The van der Waals surface area contributed by atoms with Crippen LogP contribution >= 0.6 is 0 Å². The van der Waals surface area contributed by atoms with Crippen molar-refractivity contribution in [2.45, 2.75) is 26.0 Å². The van der Waals surface area contributed by atoms with Gasteiger partial charge in [-0.05, 0) is 13.8 Å². The molecule has 0 aliphatic heterocycles. The summed E-state index contributed by atoms with van der Waals surface area (Å²) in [5.74, 6) is -0.533. The van der Waals surface area contributed by atoms with Gasteiger partial charge in [0.2, 0.25) is 0 Å². The first-order valence-electron chi connectivity index (χ1n) is 4.37. The predicted molar refractivity (Wildman–Crippen MR) is 51.5 cm³/mol. The summed E-state index contributed by atoms with van der Waals surface area (Å²) in [5.41, 5.74) is 5.83. The van der Waals surface area contributed by atoms with Gasteiger partial charge < -0.3 is 20.7 Å². The Labute approximate surface area is 83.2 Å². The van der Waals surface area contributed by atoms with E-state index in [1.54, 1.807) is 19.9 Å². The van der Waals surface area contributed by atoms with E-state index in [-0.39, 0.29) is 12.6 Å². The quantitative estimate of drug-likeness (QED) is 0.401. The topological polar surface area (TPSA) is 92.8 Å². The molecule has 0 aliphatic rings. The van der Waals surface area contributed by atoms with E-state index in [2.05, 4.69) is 4.74 Å². The Balaban J connectivity index is 3.96. The van der Waals surface area contributed by atoms with Crippen LogP contribution in [0.5, 0.6) is 0 Å². The number of carbonyl (C=O) groups is 1. The van der Waals surface area contributed by atoms with Crippen LogP contribution in [0.2, 0.25) is 0 Å². The van der Waals surface area contributed by atoms with Gasteiger partial charge in [0.25, 0.3) is 0 Å². The summed E-state index contributed by atoms with van der Waals surface area (Å²) in [7, 11) is 0. The van der Waals surface area contributed by atoms with E-state index < -0.39 is 18.7 Å². The van der Waals surface area contributed by atoms with Crippen molar-refractivity contribution in [1.29, 1.82) is 0 Å². The van der Waals surface area contributed by atoms with Crippen LogP contribution in [0, 0.1) is 0 Å². The molecule has 0 saturated heterocycles. The lowest BCUT2D eigenvalue weighted by molar-refractivity contribution is -0.142. The van der Waals surface area contributed by atoms with E-state index in [9.17, 15) is 4.79 Å². The van der Waals surface area contributed by atoms with Gasteiger partial charge in [-0.1, -0.05) is 6.08 Å². The predicted octanol–water partition coefficient (Wildman–Crippen LogP) is -0.824. The van der Waals surface area contributed by atoms with E-state index in [0.29, 0.717) is 5.57 Å². The van der Waals surface area contributed by atoms with Crippen molar-refractivity contribution >= 4 is 5.97 Å². The van der Waals surface area contributed by atoms with Crippen molar-refractivity contribution in [3.8, 4) is 0 Å². The molecule has 4 N–H and O–H groups in total. The number of aliphatic hydroxyl groups excluding tert-OH is 2. The molecule has 5 nitrogen and oxygen atoms in total. The second-order valence-corrected chi connectivity index (χ2v) is 3.14. The molecular formula is C9H17NO4. The van der Waals surface area contributed by atoms with Gasteiger partial charge in [0, 0.05) is 11.6 Å². The first-order chi connectivity index (χ1) is 6.47. The van der Waals surface area contributed by atoms with Crippen molar-refractivity contribution in [3.63, 3.8) is 0 Å². The third-order valence-electron chi connectivity index (χ3n) is 1.45. The highest BCUT2D eigenvalue weighted by Gasteiger charge is 2.09. The summed E-state index contributed by atoms with van der Waals surface area (Å²) in [5, 5.41) is 17.4. The highest BCUT2D eigenvalue weighted by atomic mass is 16.5. The molecule has 0 aromatic rings. The van der Waals surface area contributed by atoms with Crippen LogP contribution in [0.3, 0.4) is 0 Å². The van der Waals surface area contributed by atoms with Gasteiger partial charge in [-0.3, -0.25) is 0 Å². The van der Waals surface area contributed by atoms with Gasteiger partial charge in [0.15, 0.2) is 0 Å². The zero-order valence-corrected chi connectivity index (χ0v) is 8.43. The number of hydrogen-bond acceptors (Lipinski definition) is 5. The van der Waals surface area contributed by atoms with E-state index in [1.165, 1.54) is 0 Å². The fourth-order valence-electron chi connectivity index (χ4n) is 0.801. The Morgan fingerprint density at radius 1 is 1.64 bits per heavy atom. The normalized spacial score (nSPS) is 16.2. The molecule has 2 unspecified atom stereocenters. The molecule has 0 aromatic heterocycles. The van der Waals surface area contributed by atoms with Crippen LogP contribution < -0.4 is 5.73 Å². The number of esters is 1. The number of ether oxygens (including phenoxy) is 1. The lowest BCUT2D eigenvalue weighted by Crippen LogP contribution is -2.23. The Morgan fingerprint density at radius 2 is 2.21 bits per heavy atom. The first-order valence-corrected chi connectivity index (χ1v) is 4.37. The fraction of sp³-hybridized carbons (Fsp3) is 0.667. The summed E-state index contributed by atoms with van der Waals surface area (Å²) in [6.45, 7) is 2.68. The molecule has 0 fully saturated rings. The third kappa shape index (κ3) is 5.69. The standard InChI is InChI=1S/C9H17NO4/c1-6(3-7(2)10)9(13)14-5-8(12)4-11/h3,7-8,11-12H,4-5,10H2,1-2H3. The SMILES string of the molecule is CC(=CC(C)N)C(=O)OCC(O)CO. The Morgan fingerprint density at radius 3 is 2.64 bits per heavy atom. The zero-order valence-electron chi connectivity index (χ0n) is 8.43. The molecule has 0 radical (unpaired) electrons. The van der Waals surface area contributed by atoms with Crippen LogP contribution in [-0.2, 0) is 9.53 Å². The van der Waals surface area contributed by atoms with Crippen molar-refractivity contribution < 1.29 is 19.7 Å². The van der Waals surface area contributed by atoms with Crippen LogP contribution in [0.25, 0.3) is 0 Å². The molecule has 0 heterocycles. The molecule has 0 aliphatic carbocycles. The molecule has 14 heavy (non-hydrogen) atoms. The van der Waals surface area contributed by atoms with Gasteiger partial charge >= 0.3 is 5.97 Å². The molecule has 0 bridgehead atoms. The second-order valence-electron chi connectivity index (χ2n) is 3.14. The van der Waals surface area contributed by atoms with Gasteiger partial charge in [-0.25, -0.2) is 4.79 Å². The molecular weight excluding hydrogens is 186 g/mol. The third-order valence-corrected chi connectivity index (χ3v) is 1.45. The van der Waals surface area contributed by atoms with Gasteiger partial charge in [-0.2, -0.15) is 0 Å². The molecule has 0 spiro atoms. The lowest BCUT2D eigenvalue weighted by atomic mass is 10.2. The van der Waals surface area contributed by atoms with Crippen LogP contribution in [0.15, 0.2) is 11.6 Å². The largest absolute Gasteiger partial charge is 0.459 e. The van der Waals surface area contributed by atoms with Crippen molar-refractivity contribution in [2.75, 3.05) is 13.2 Å². The zero-order chi connectivity index (χ0) is 11.1. The smallest absolute Gasteiger partial charge is 0.333 e. The van der Waals surface area contributed by atoms with Crippen LogP contribution in [0.4, 0.5) is 0 Å². The maximum atomic E-state index is 11.2. The fourth-order valence-corrected chi connectivity index (χ4v) is 0.801. The number of aliphatic hydroxyl groups is 2. The summed E-state index contributed by atoms with van der Waals surface area (Å²) >= 11 is 0. The van der Waals surface area contributed by atoms with Gasteiger partial charge in [0.1, 0.15) is 12.7 Å². The van der Waals surface area contributed by atoms with E-state index in [0.717, 1.165) is 0 Å². The van der Waals surface area contributed by atoms with Crippen molar-refractivity contribution in [3.05, 3.63) is 11.6 Å². The molecule has 0 aromatic carbocycles. The first kappa shape index (κ1) is 13.1. The maximum absolute atomic E-state index is 11.2. The minimum Gasteiger partial charge on any atom is -0.459 e. The summed E-state index contributed by atoms with van der Waals surface area (Å²) in [6, 6.07) is -0.217. The minimum atomic E-state index is -1.03. The number of hydrogen-bond donors (Lipinski definition) is 3. The van der Waals surface area contributed by atoms with Crippen molar-refractivity contribution in [2.24, 2.45) is 5.73 Å². The number of rotatable bonds is 5. The highest BCUT2D eigenvalue weighted by molar-refractivity contribution is 5.87. The average Bonchev–Trinajstić information content (AvgIpc) is 2.12. The maximum Gasteiger partial charge on any atom is 0.333 e. The highest BCUT2D eigenvalue weighted by Crippen LogP contribution is 1.98. The molecule has 82 valence electrons. The molecule has 0 saturated carbocycles. The average molecular weight is 203 g/mol. The van der Waals surface area contributed by atoms with Gasteiger partial charge in [-0.15, -0.1) is 0 Å². The minimum absolute atomic E-state index is 0.209. The molecule has 0 rings (SSSR count). The van der Waals surface area contributed by atoms with Crippen LogP contribution in [-0.4, -0.2) is 41.5 Å². The monoisotopic (exact) mass is 203 g/mol. The van der Waals surface area contributed by atoms with E-state index in [4.69, 9.17) is 15.9 Å². The van der Waals surface area contributed by atoms with Crippen LogP contribution in [0.1, 0.15) is 13.8 Å². The summed E-state index contributed by atoms with van der Waals surface area (Å²) < 4.78 is 4.68. The van der Waals surface area contributed by atoms with E-state index >= 15 is 0 Å². The van der Waals surface area contributed by atoms with Gasteiger partial charge in [0.05, 0.1) is 6.61 Å². The molecule has 2 atom stereocenters. The number of nitrogens with two attached hydrogens (primary N) is 1. The Hall–Kier alpha value is -0.910. The Bertz CT molecular complexity index is 213. The number of carbonyl (C=O) groups excluding carboxylic acids is 1. The molecule has 5 heteroatoms. The summed E-state index contributed by atoms with van der Waals surface area (Å²) in [4.78, 5) is 11.2. The summed E-state index contributed by atoms with van der Waals surface area (Å²) in [6.07, 6.45) is 0.537. The van der Waals surface area contributed by atoms with Crippen molar-refractivity contribution in [1.82, 2.24) is 0 Å².